The predicted molar refractivity (Wildman–Crippen MR) is 83.3 cm³/mol. The summed E-state index contributed by atoms with van der Waals surface area (Å²) in [6.45, 7) is 4.87. The minimum atomic E-state index is -3.97. The fourth-order valence-electron chi connectivity index (χ4n) is 2.31. The van der Waals surface area contributed by atoms with Crippen LogP contribution in [0.5, 0.6) is 0 Å². The van der Waals surface area contributed by atoms with E-state index in [9.17, 15) is 13.2 Å². The Morgan fingerprint density at radius 1 is 1.38 bits per heavy atom. The molecule has 1 aliphatic rings. The Hall–Kier alpha value is -0.780. The maximum atomic E-state index is 12.1. The number of amides is 1. The van der Waals surface area contributed by atoms with Crippen molar-refractivity contribution >= 4 is 37.2 Å². The van der Waals surface area contributed by atoms with E-state index in [0.29, 0.717) is 12.5 Å². The van der Waals surface area contributed by atoms with Gasteiger partial charge < -0.3 is 5.32 Å². The van der Waals surface area contributed by atoms with Crippen LogP contribution in [-0.2, 0) is 9.05 Å². The van der Waals surface area contributed by atoms with Gasteiger partial charge in [-0.3, -0.25) is 4.79 Å². The van der Waals surface area contributed by atoms with E-state index in [2.05, 4.69) is 19.2 Å². The smallest absolute Gasteiger partial charge is 0.262 e. The van der Waals surface area contributed by atoms with Gasteiger partial charge in [0.1, 0.15) is 4.90 Å². The largest absolute Gasteiger partial charge is 0.351 e. The van der Waals surface area contributed by atoms with Gasteiger partial charge in [-0.2, -0.15) is 0 Å². The molecule has 4 nitrogen and oxygen atoms in total. The lowest BCUT2D eigenvalue weighted by Crippen LogP contribution is -2.32. The molecule has 0 heterocycles. The molecule has 7 heteroatoms. The van der Waals surface area contributed by atoms with Gasteiger partial charge in [-0.1, -0.05) is 25.4 Å². The van der Waals surface area contributed by atoms with Gasteiger partial charge >= 0.3 is 0 Å². The fraction of sp³-hybridized carbons (Fsp3) is 0.500. The van der Waals surface area contributed by atoms with Crippen LogP contribution in [0.3, 0.4) is 0 Å². The van der Waals surface area contributed by atoms with E-state index in [1.807, 2.05) is 0 Å². The summed E-state index contributed by atoms with van der Waals surface area (Å²) in [5.41, 5.74) is 0.418. The minimum Gasteiger partial charge on any atom is -0.351 e. The summed E-state index contributed by atoms with van der Waals surface area (Å²) in [5.74, 6) is 0.182. The average molecular weight is 350 g/mol. The summed E-state index contributed by atoms with van der Waals surface area (Å²) in [5, 5.41) is 2.86. The molecule has 2 rings (SSSR count). The molecule has 21 heavy (non-hydrogen) atoms. The summed E-state index contributed by atoms with van der Waals surface area (Å²) in [6.07, 6.45) is 2.21. The number of hydrogen-bond acceptors (Lipinski definition) is 3. The maximum Gasteiger partial charge on any atom is 0.262 e. The first-order valence-corrected chi connectivity index (χ1v) is 9.37. The summed E-state index contributed by atoms with van der Waals surface area (Å²) in [7, 11) is 1.32. The molecule has 0 bridgehead atoms. The lowest BCUT2D eigenvalue weighted by atomic mass is 9.92. The van der Waals surface area contributed by atoms with Gasteiger partial charge in [0.15, 0.2) is 0 Å². The van der Waals surface area contributed by atoms with Crippen molar-refractivity contribution in [3.8, 4) is 0 Å². The molecule has 1 N–H and O–H groups in total. The first-order valence-electron chi connectivity index (χ1n) is 6.68. The zero-order valence-corrected chi connectivity index (χ0v) is 14.1. The molecule has 0 atom stereocenters. The van der Waals surface area contributed by atoms with Crippen molar-refractivity contribution in [1.82, 2.24) is 5.32 Å². The second kappa shape index (κ2) is 5.78. The third-order valence-electron chi connectivity index (χ3n) is 4.17. The Labute approximate surface area is 134 Å². The number of hydrogen-bond donors (Lipinski definition) is 1. The zero-order chi connectivity index (χ0) is 15.8. The number of rotatable bonds is 5. The minimum absolute atomic E-state index is 0.00222. The van der Waals surface area contributed by atoms with E-state index in [1.165, 1.54) is 18.2 Å². The number of carbonyl (C=O) groups excluding carboxylic acids is 1. The van der Waals surface area contributed by atoms with Crippen LogP contribution in [0, 0.1) is 11.3 Å². The third kappa shape index (κ3) is 3.71. The molecule has 0 aromatic heterocycles. The van der Waals surface area contributed by atoms with Crippen molar-refractivity contribution in [2.24, 2.45) is 11.3 Å². The SMILES string of the molecule is CC(C)C1(CNC(=O)c2ccc(Cl)c(S(=O)(=O)Cl)c2)CC1. The quantitative estimate of drug-likeness (QED) is 0.828. The van der Waals surface area contributed by atoms with Gasteiger partial charge in [0.05, 0.1) is 5.02 Å². The van der Waals surface area contributed by atoms with Crippen LogP contribution < -0.4 is 5.32 Å². The number of carbonyl (C=O) groups is 1. The van der Waals surface area contributed by atoms with Gasteiger partial charge in [0.2, 0.25) is 0 Å². The Morgan fingerprint density at radius 3 is 2.48 bits per heavy atom. The molecule has 0 saturated heterocycles. The first kappa shape index (κ1) is 16.6. The van der Waals surface area contributed by atoms with E-state index in [4.69, 9.17) is 22.3 Å². The Kier molecular flexibility index (Phi) is 4.57. The Balaban J connectivity index is 2.14. The summed E-state index contributed by atoms with van der Waals surface area (Å²) < 4.78 is 22.8. The van der Waals surface area contributed by atoms with Gasteiger partial charge in [0, 0.05) is 22.8 Å². The van der Waals surface area contributed by atoms with Gasteiger partial charge in [-0.15, -0.1) is 0 Å². The van der Waals surface area contributed by atoms with Gasteiger partial charge in [-0.05, 0) is 42.4 Å². The van der Waals surface area contributed by atoms with E-state index in [1.54, 1.807) is 0 Å². The third-order valence-corrected chi connectivity index (χ3v) is 5.98. The number of halogens is 2. The highest BCUT2D eigenvalue weighted by molar-refractivity contribution is 8.13. The molecule has 1 saturated carbocycles. The lowest BCUT2D eigenvalue weighted by Gasteiger charge is -2.20. The molecule has 1 amide bonds. The summed E-state index contributed by atoms with van der Waals surface area (Å²) in [4.78, 5) is 11.9. The van der Waals surface area contributed by atoms with Crippen molar-refractivity contribution in [3.05, 3.63) is 28.8 Å². The molecule has 0 aliphatic heterocycles. The van der Waals surface area contributed by atoms with Crippen molar-refractivity contribution in [1.29, 1.82) is 0 Å². The molecule has 0 unspecified atom stereocenters. The highest BCUT2D eigenvalue weighted by atomic mass is 35.7. The maximum absolute atomic E-state index is 12.1. The van der Waals surface area contributed by atoms with Crippen molar-refractivity contribution in [2.75, 3.05) is 6.54 Å². The van der Waals surface area contributed by atoms with Crippen molar-refractivity contribution in [3.63, 3.8) is 0 Å². The second-order valence-corrected chi connectivity index (χ2v) is 8.72. The zero-order valence-electron chi connectivity index (χ0n) is 11.8. The van der Waals surface area contributed by atoms with Gasteiger partial charge in [-0.25, -0.2) is 8.42 Å². The normalized spacial score (nSPS) is 16.8. The molecule has 1 aromatic rings. The summed E-state index contributed by atoms with van der Waals surface area (Å²) >= 11 is 5.79. The monoisotopic (exact) mass is 349 g/mol. The number of benzene rings is 1. The van der Waals surface area contributed by atoms with Crippen LogP contribution in [0.1, 0.15) is 37.0 Å². The van der Waals surface area contributed by atoms with Crippen LogP contribution in [0.15, 0.2) is 23.1 Å². The van der Waals surface area contributed by atoms with Gasteiger partial charge in [0.25, 0.3) is 15.0 Å². The molecule has 116 valence electrons. The van der Waals surface area contributed by atoms with Crippen molar-refractivity contribution in [2.45, 2.75) is 31.6 Å². The Morgan fingerprint density at radius 2 is 2.00 bits per heavy atom. The topological polar surface area (TPSA) is 63.2 Å². The lowest BCUT2D eigenvalue weighted by molar-refractivity contribution is 0.0939. The van der Waals surface area contributed by atoms with Crippen LogP contribution in [-0.4, -0.2) is 20.9 Å². The van der Waals surface area contributed by atoms with Crippen LogP contribution >= 0.6 is 22.3 Å². The molecule has 1 aromatic carbocycles. The Bertz CT molecular complexity index is 667. The molecular weight excluding hydrogens is 333 g/mol. The van der Waals surface area contributed by atoms with E-state index < -0.39 is 9.05 Å². The van der Waals surface area contributed by atoms with Crippen LogP contribution in [0.2, 0.25) is 5.02 Å². The molecule has 1 aliphatic carbocycles. The highest BCUT2D eigenvalue weighted by Crippen LogP contribution is 2.51. The molecule has 1 fully saturated rings. The first-order chi connectivity index (χ1) is 9.66. The van der Waals surface area contributed by atoms with E-state index >= 15 is 0 Å². The standard InChI is InChI=1S/C14H17Cl2NO3S/c1-9(2)14(5-6-14)8-17-13(18)10-3-4-11(15)12(7-10)21(16,19)20/h3-4,7,9H,5-6,8H2,1-2H3,(H,17,18). The van der Waals surface area contributed by atoms with Crippen LogP contribution in [0.25, 0.3) is 0 Å². The van der Waals surface area contributed by atoms with Crippen molar-refractivity contribution < 1.29 is 13.2 Å². The second-order valence-electron chi connectivity index (χ2n) is 5.78. The fourth-order valence-corrected chi connectivity index (χ4v) is 3.80. The number of nitrogens with one attached hydrogen (secondary N) is 1. The van der Waals surface area contributed by atoms with Crippen LogP contribution in [0.4, 0.5) is 0 Å². The molecule has 0 radical (unpaired) electrons. The molecular formula is C14H17Cl2NO3S. The average Bonchev–Trinajstić information content (AvgIpc) is 3.16. The predicted octanol–water partition coefficient (Wildman–Crippen LogP) is 3.43. The van der Waals surface area contributed by atoms with E-state index in [-0.39, 0.29) is 26.8 Å². The highest BCUT2D eigenvalue weighted by Gasteiger charge is 2.45. The van der Waals surface area contributed by atoms with E-state index in [0.717, 1.165) is 12.8 Å². The molecule has 0 spiro atoms. The summed E-state index contributed by atoms with van der Waals surface area (Å²) in [6, 6.07) is 4.05.